The zero-order valence-corrected chi connectivity index (χ0v) is 21.6. The van der Waals surface area contributed by atoms with Gasteiger partial charge in [0.1, 0.15) is 17.5 Å². The number of halogens is 1. The largest absolute Gasteiger partial charge is 0.496 e. The van der Waals surface area contributed by atoms with Crippen molar-refractivity contribution >= 4 is 50.6 Å². The molecular formula is C23H21BrN2O5S2. The highest BCUT2D eigenvalue weighted by Crippen LogP contribution is 2.34. The second-order valence-corrected chi connectivity index (χ2v) is 9.89. The zero-order valence-electron chi connectivity index (χ0n) is 18.4. The molecule has 0 spiro atoms. The minimum Gasteiger partial charge on any atom is -0.496 e. The highest BCUT2D eigenvalue weighted by atomic mass is 79.9. The number of rotatable bonds is 6. The highest BCUT2D eigenvalue weighted by molar-refractivity contribution is 9.10. The zero-order chi connectivity index (χ0) is 23.7. The third-order valence-electron chi connectivity index (χ3n) is 5.12. The number of nitrogens with zero attached hydrogens (tertiary/aromatic N) is 2. The number of esters is 1. The van der Waals surface area contributed by atoms with Gasteiger partial charge in [-0.3, -0.25) is 9.36 Å². The minimum atomic E-state index is -0.591. The van der Waals surface area contributed by atoms with Crippen LogP contribution in [0.5, 0.6) is 11.5 Å². The van der Waals surface area contributed by atoms with Crippen LogP contribution in [0.4, 0.5) is 0 Å². The van der Waals surface area contributed by atoms with Crippen LogP contribution in [0.15, 0.2) is 55.2 Å². The molecule has 1 aromatic carbocycles. The molecule has 3 heterocycles. The maximum absolute atomic E-state index is 13.6. The third kappa shape index (κ3) is 4.30. The average molecular weight is 549 g/mol. The maximum Gasteiger partial charge on any atom is 0.338 e. The van der Waals surface area contributed by atoms with Gasteiger partial charge in [-0.1, -0.05) is 17.4 Å². The van der Waals surface area contributed by atoms with Crippen LogP contribution >= 0.6 is 38.6 Å². The summed E-state index contributed by atoms with van der Waals surface area (Å²) in [5.41, 5.74) is 1.40. The van der Waals surface area contributed by atoms with E-state index in [-0.39, 0.29) is 12.2 Å². The van der Waals surface area contributed by atoms with Crippen LogP contribution in [-0.2, 0) is 9.53 Å². The number of benzene rings is 1. The van der Waals surface area contributed by atoms with Crippen LogP contribution in [0.1, 0.15) is 30.3 Å². The van der Waals surface area contributed by atoms with E-state index in [9.17, 15) is 9.59 Å². The fourth-order valence-electron chi connectivity index (χ4n) is 3.64. The van der Waals surface area contributed by atoms with E-state index < -0.39 is 12.0 Å². The summed E-state index contributed by atoms with van der Waals surface area (Å²) in [6, 6.07) is 6.81. The minimum absolute atomic E-state index is 0.236. The maximum atomic E-state index is 13.6. The summed E-state index contributed by atoms with van der Waals surface area (Å²) in [5, 5.41) is 1.92. The van der Waals surface area contributed by atoms with Gasteiger partial charge in [0, 0.05) is 16.5 Å². The van der Waals surface area contributed by atoms with Crippen LogP contribution in [0, 0.1) is 0 Å². The average Bonchev–Trinajstić information content (AvgIpc) is 3.42. The van der Waals surface area contributed by atoms with Crippen molar-refractivity contribution in [3.8, 4) is 11.5 Å². The van der Waals surface area contributed by atoms with Gasteiger partial charge >= 0.3 is 5.97 Å². The van der Waals surface area contributed by atoms with Gasteiger partial charge in [-0.05, 0) is 53.4 Å². The molecule has 1 atom stereocenters. The molecule has 0 aliphatic carbocycles. The number of aromatic nitrogens is 1. The Morgan fingerprint density at radius 2 is 2.03 bits per heavy atom. The lowest BCUT2D eigenvalue weighted by Crippen LogP contribution is -2.39. The van der Waals surface area contributed by atoms with Crippen molar-refractivity contribution in [3.63, 3.8) is 0 Å². The van der Waals surface area contributed by atoms with Crippen molar-refractivity contribution in [2.45, 2.75) is 19.9 Å². The fourth-order valence-corrected chi connectivity index (χ4v) is 6.03. The summed E-state index contributed by atoms with van der Waals surface area (Å²) in [4.78, 5) is 32.4. The summed E-state index contributed by atoms with van der Waals surface area (Å²) in [7, 11) is 3.14. The van der Waals surface area contributed by atoms with E-state index >= 15 is 0 Å². The summed E-state index contributed by atoms with van der Waals surface area (Å²) in [5.74, 6) is 0.726. The molecule has 1 aliphatic heterocycles. The first kappa shape index (κ1) is 23.5. The van der Waals surface area contributed by atoms with E-state index in [0.29, 0.717) is 37.7 Å². The fraction of sp³-hybridized carbons (Fsp3) is 0.261. The van der Waals surface area contributed by atoms with Crippen molar-refractivity contribution in [1.29, 1.82) is 0 Å². The first-order chi connectivity index (χ1) is 15.9. The lowest BCUT2D eigenvalue weighted by molar-refractivity contribution is -0.139. The van der Waals surface area contributed by atoms with E-state index in [1.165, 1.54) is 22.7 Å². The number of allylic oxidation sites excluding steroid dienone is 1. The molecule has 0 unspecified atom stereocenters. The van der Waals surface area contributed by atoms with Crippen molar-refractivity contribution in [3.05, 3.63) is 75.5 Å². The van der Waals surface area contributed by atoms with Crippen molar-refractivity contribution < 1.29 is 19.0 Å². The van der Waals surface area contributed by atoms with E-state index in [2.05, 4.69) is 20.9 Å². The Kier molecular flexibility index (Phi) is 6.87. The van der Waals surface area contributed by atoms with Crippen LogP contribution in [0.2, 0.25) is 0 Å². The summed E-state index contributed by atoms with van der Waals surface area (Å²) in [6.07, 6.45) is 1.77. The third-order valence-corrected chi connectivity index (χ3v) is 7.65. The molecule has 0 saturated carbocycles. The van der Waals surface area contributed by atoms with Crippen LogP contribution in [0.25, 0.3) is 6.08 Å². The van der Waals surface area contributed by atoms with Gasteiger partial charge in [0.15, 0.2) is 4.80 Å². The Morgan fingerprint density at radius 3 is 2.67 bits per heavy atom. The standard InChI is InChI=1S/C23H21BrN2O5S2/c1-5-31-22(28)19-12(2)25-23-26(20(19)17-7-6-8-32-17)21(27)18(33-23)10-13-9-14(24)16(30-4)11-15(13)29-3/h6-11,20H,5H2,1-4H3/b18-10+/t20-/m0/s1. The summed E-state index contributed by atoms with van der Waals surface area (Å²) in [6.45, 7) is 3.76. The van der Waals surface area contributed by atoms with Crippen LogP contribution in [0.3, 0.4) is 0 Å². The molecule has 2 aromatic heterocycles. The van der Waals surface area contributed by atoms with Crippen molar-refractivity contribution in [2.24, 2.45) is 4.99 Å². The second-order valence-electron chi connectivity index (χ2n) is 7.05. The van der Waals surface area contributed by atoms with E-state index in [1.54, 1.807) is 44.8 Å². The molecule has 1 aliphatic rings. The lowest BCUT2D eigenvalue weighted by Gasteiger charge is -2.23. The van der Waals surface area contributed by atoms with Gasteiger partial charge < -0.3 is 14.2 Å². The van der Waals surface area contributed by atoms with Gasteiger partial charge in [0.2, 0.25) is 0 Å². The Morgan fingerprint density at radius 1 is 1.27 bits per heavy atom. The molecule has 4 rings (SSSR count). The van der Waals surface area contributed by atoms with Gasteiger partial charge in [0.05, 0.1) is 41.1 Å². The van der Waals surface area contributed by atoms with Gasteiger partial charge in [-0.25, -0.2) is 9.79 Å². The number of carbonyl (C=O) groups is 1. The van der Waals surface area contributed by atoms with E-state index in [0.717, 1.165) is 9.35 Å². The normalized spacial score (nSPS) is 15.8. The lowest BCUT2D eigenvalue weighted by atomic mass is 10.0. The van der Waals surface area contributed by atoms with Gasteiger partial charge in [-0.15, -0.1) is 11.3 Å². The molecule has 0 N–H and O–H groups in total. The molecular weight excluding hydrogens is 528 g/mol. The van der Waals surface area contributed by atoms with E-state index in [1.807, 2.05) is 23.6 Å². The van der Waals surface area contributed by atoms with Gasteiger partial charge in [-0.2, -0.15) is 0 Å². The molecule has 0 saturated heterocycles. The summed E-state index contributed by atoms with van der Waals surface area (Å²) < 4.78 is 18.9. The van der Waals surface area contributed by atoms with Crippen molar-refractivity contribution in [1.82, 2.24) is 4.57 Å². The topological polar surface area (TPSA) is 79.1 Å². The molecule has 33 heavy (non-hydrogen) atoms. The Bertz CT molecular complexity index is 1420. The molecule has 10 heteroatoms. The molecule has 0 amide bonds. The summed E-state index contributed by atoms with van der Waals surface area (Å²) >= 11 is 6.23. The number of hydrogen-bond acceptors (Lipinski definition) is 8. The number of thiophene rings is 1. The number of ether oxygens (including phenoxy) is 3. The van der Waals surface area contributed by atoms with Gasteiger partial charge in [0.25, 0.3) is 5.56 Å². The highest BCUT2D eigenvalue weighted by Gasteiger charge is 2.33. The van der Waals surface area contributed by atoms with Crippen molar-refractivity contribution in [2.75, 3.05) is 20.8 Å². The Labute approximate surface area is 206 Å². The first-order valence-electron chi connectivity index (χ1n) is 10.0. The smallest absolute Gasteiger partial charge is 0.338 e. The predicted octanol–water partition coefficient (Wildman–Crippen LogP) is 3.64. The second kappa shape index (κ2) is 9.66. The number of thiazole rings is 1. The number of hydrogen-bond donors (Lipinski definition) is 0. The monoisotopic (exact) mass is 548 g/mol. The Hall–Kier alpha value is -2.69. The molecule has 172 valence electrons. The van der Waals surface area contributed by atoms with Crippen LogP contribution in [-0.4, -0.2) is 31.4 Å². The Balaban J connectivity index is 1.94. The molecule has 7 nitrogen and oxygen atoms in total. The molecule has 0 fully saturated rings. The number of methoxy groups -OCH3 is 2. The first-order valence-corrected chi connectivity index (χ1v) is 12.5. The van der Waals surface area contributed by atoms with Crippen LogP contribution < -0.4 is 24.4 Å². The van der Waals surface area contributed by atoms with E-state index in [4.69, 9.17) is 14.2 Å². The molecule has 0 bridgehead atoms. The predicted molar refractivity (Wildman–Crippen MR) is 132 cm³/mol. The quantitative estimate of drug-likeness (QED) is 0.439. The SMILES string of the molecule is CCOC(=O)C1=C(C)N=c2s/c(=C/c3cc(Br)c(OC)cc3OC)c(=O)n2[C@H]1c1cccs1. The number of carbonyl (C=O) groups excluding carboxylic acids is 1. The molecule has 0 radical (unpaired) electrons. The molecule has 3 aromatic rings. The number of fused-ring (bicyclic) bond motifs is 1.